The Morgan fingerprint density at radius 3 is 3.12 bits per heavy atom. The molecule has 0 saturated heterocycles. The van der Waals surface area contributed by atoms with Crippen molar-refractivity contribution in [2.24, 2.45) is 0 Å². The van der Waals surface area contributed by atoms with E-state index in [1.54, 1.807) is 12.4 Å². The predicted molar refractivity (Wildman–Crippen MR) is 63.1 cm³/mol. The largest absolute Gasteiger partial charge is 0.353 e. The molecular formula is C11H12N6. The normalized spacial score (nSPS) is 9.88. The number of aryl methyl sites for hydroxylation is 1. The molecule has 2 N–H and O–H groups in total. The van der Waals surface area contributed by atoms with Gasteiger partial charge in [-0.1, -0.05) is 0 Å². The molecule has 0 bridgehead atoms. The van der Waals surface area contributed by atoms with Crippen LogP contribution < -0.4 is 5.32 Å². The van der Waals surface area contributed by atoms with E-state index in [0.29, 0.717) is 18.9 Å². The molecule has 0 saturated carbocycles. The molecule has 0 spiro atoms. The average molecular weight is 228 g/mol. The van der Waals surface area contributed by atoms with E-state index in [4.69, 9.17) is 5.26 Å². The van der Waals surface area contributed by atoms with E-state index in [0.717, 1.165) is 17.0 Å². The number of H-pyrrole nitrogens is 1. The first-order valence-electron chi connectivity index (χ1n) is 5.26. The summed E-state index contributed by atoms with van der Waals surface area (Å²) in [6.07, 6.45) is 3.92. The number of nitriles is 1. The maximum Gasteiger partial charge on any atom is 0.223 e. The minimum atomic E-state index is 0.429. The fourth-order valence-corrected chi connectivity index (χ4v) is 1.44. The molecular weight excluding hydrogens is 216 g/mol. The van der Waals surface area contributed by atoms with E-state index in [1.807, 2.05) is 13.0 Å². The average Bonchev–Trinajstić information content (AvgIpc) is 2.76. The van der Waals surface area contributed by atoms with Gasteiger partial charge in [0, 0.05) is 24.5 Å². The van der Waals surface area contributed by atoms with Crippen molar-refractivity contribution in [1.82, 2.24) is 20.2 Å². The summed E-state index contributed by atoms with van der Waals surface area (Å²) in [5.41, 5.74) is 2.66. The van der Waals surface area contributed by atoms with Gasteiger partial charge in [-0.3, -0.25) is 5.10 Å². The molecule has 17 heavy (non-hydrogen) atoms. The van der Waals surface area contributed by atoms with Gasteiger partial charge in [0.05, 0.1) is 23.9 Å². The predicted octanol–water partition coefficient (Wildman–Crippen LogP) is 1.50. The van der Waals surface area contributed by atoms with Crippen LogP contribution in [0.2, 0.25) is 0 Å². The molecule has 0 fully saturated rings. The van der Waals surface area contributed by atoms with Crippen molar-refractivity contribution in [2.45, 2.75) is 13.3 Å². The van der Waals surface area contributed by atoms with E-state index in [2.05, 4.69) is 31.6 Å². The first-order chi connectivity index (χ1) is 8.31. The Hall–Kier alpha value is -2.42. The lowest BCUT2D eigenvalue weighted by Crippen LogP contribution is -2.04. The molecule has 0 aromatic carbocycles. The smallest absolute Gasteiger partial charge is 0.223 e. The Balaban J connectivity index is 2.18. The van der Waals surface area contributed by atoms with E-state index in [9.17, 15) is 0 Å². The van der Waals surface area contributed by atoms with E-state index in [1.165, 1.54) is 0 Å². The van der Waals surface area contributed by atoms with Crippen LogP contribution in [0.1, 0.15) is 12.1 Å². The highest BCUT2D eigenvalue weighted by molar-refractivity contribution is 5.61. The van der Waals surface area contributed by atoms with Crippen molar-refractivity contribution < 1.29 is 0 Å². The summed E-state index contributed by atoms with van der Waals surface area (Å²) in [7, 11) is 0. The number of aromatic nitrogens is 4. The van der Waals surface area contributed by atoms with Crippen LogP contribution in [0.3, 0.4) is 0 Å². The van der Waals surface area contributed by atoms with Gasteiger partial charge in [0.25, 0.3) is 0 Å². The zero-order valence-corrected chi connectivity index (χ0v) is 9.44. The first kappa shape index (κ1) is 11.1. The quantitative estimate of drug-likeness (QED) is 0.774. The summed E-state index contributed by atoms with van der Waals surface area (Å²) in [6, 6.07) is 3.88. The summed E-state index contributed by atoms with van der Waals surface area (Å²) in [5.74, 6) is 0.526. The second kappa shape index (κ2) is 5.07. The van der Waals surface area contributed by atoms with Crippen molar-refractivity contribution in [3.63, 3.8) is 0 Å². The van der Waals surface area contributed by atoms with Crippen LogP contribution in [0.5, 0.6) is 0 Å². The number of aromatic amines is 1. The molecule has 0 aliphatic heterocycles. The number of anilines is 1. The Morgan fingerprint density at radius 2 is 2.41 bits per heavy atom. The maximum atomic E-state index is 8.44. The van der Waals surface area contributed by atoms with E-state index in [-0.39, 0.29) is 0 Å². The molecule has 0 unspecified atom stereocenters. The molecule has 6 nitrogen and oxygen atoms in total. The van der Waals surface area contributed by atoms with Gasteiger partial charge in [0.15, 0.2) is 0 Å². The minimum absolute atomic E-state index is 0.429. The molecule has 0 aliphatic carbocycles. The van der Waals surface area contributed by atoms with Crippen LogP contribution >= 0.6 is 0 Å². The summed E-state index contributed by atoms with van der Waals surface area (Å²) >= 11 is 0. The molecule has 0 aliphatic rings. The number of nitrogens with zero attached hydrogens (tertiary/aromatic N) is 4. The fraction of sp³-hybridized carbons (Fsp3) is 0.273. The van der Waals surface area contributed by atoms with E-state index < -0.39 is 0 Å². The lowest BCUT2D eigenvalue weighted by Gasteiger charge is -2.03. The molecule has 2 heterocycles. The van der Waals surface area contributed by atoms with Crippen molar-refractivity contribution in [2.75, 3.05) is 11.9 Å². The first-order valence-corrected chi connectivity index (χ1v) is 5.26. The van der Waals surface area contributed by atoms with Gasteiger partial charge < -0.3 is 5.32 Å². The van der Waals surface area contributed by atoms with Gasteiger partial charge in [-0.05, 0) is 13.0 Å². The van der Waals surface area contributed by atoms with Gasteiger partial charge in [0.1, 0.15) is 0 Å². The Morgan fingerprint density at radius 1 is 1.53 bits per heavy atom. The molecule has 2 aromatic heterocycles. The molecule has 6 heteroatoms. The second-order valence-corrected chi connectivity index (χ2v) is 3.48. The summed E-state index contributed by atoms with van der Waals surface area (Å²) in [4.78, 5) is 8.44. The minimum Gasteiger partial charge on any atom is -0.353 e. The zero-order chi connectivity index (χ0) is 12.1. The third-order valence-electron chi connectivity index (χ3n) is 2.28. The Kier molecular flexibility index (Phi) is 3.31. The third kappa shape index (κ3) is 2.58. The molecule has 0 amide bonds. The van der Waals surface area contributed by atoms with Crippen LogP contribution in [0.15, 0.2) is 18.5 Å². The maximum absolute atomic E-state index is 8.44. The SMILES string of the molecule is Cc1n[nH]cc1-c1ccnc(NCCC#N)n1. The van der Waals surface area contributed by atoms with Crippen LogP contribution in [-0.4, -0.2) is 26.7 Å². The van der Waals surface area contributed by atoms with Crippen molar-refractivity contribution in [3.05, 3.63) is 24.2 Å². The number of rotatable bonds is 4. The van der Waals surface area contributed by atoms with Crippen molar-refractivity contribution in [3.8, 4) is 17.3 Å². The van der Waals surface area contributed by atoms with E-state index >= 15 is 0 Å². The number of hydrogen-bond acceptors (Lipinski definition) is 5. The van der Waals surface area contributed by atoms with Crippen LogP contribution in [-0.2, 0) is 0 Å². The van der Waals surface area contributed by atoms with Gasteiger partial charge in [-0.2, -0.15) is 10.4 Å². The highest BCUT2D eigenvalue weighted by Crippen LogP contribution is 2.19. The monoisotopic (exact) mass is 228 g/mol. The fourth-order valence-electron chi connectivity index (χ4n) is 1.44. The third-order valence-corrected chi connectivity index (χ3v) is 2.28. The van der Waals surface area contributed by atoms with Crippen LogP contribution in [0.4, 0.5) is 5.95 Å². The second-order valence-electron chi connectivity index (χ2n) is 3.48. The lowest BCUT2D eigenvalue weighted by atomic mass is 10.2. The molecule has 0 radical (unpaired) electrons. The van der Waals surface area contributed by atoms with Crippen molar-refractivity contribution in [1.29, 1.82) is 5.26 Å². The highest BCUT2D eigenvalue weighted by Gasteiger charge is 2.06. The summed E-state index contributed by atoms with van der Waals surface area (Å²) in [6.45, 7) is 2.46. The standard InChI is InChI=1S/C11H12N6/c1-8-9(7-15-17-8)10-3-6-14-11(16-10)13-5-2-4-12/h3,6-7H,2,5H2,1H3,(H,15,17)(H,13,14,16). The van der Waals surface area contributed by atoms with Gasteiger partial charge in [-0.25, -0.2) is 9.97 Å². The molecule has 86 valence electrons. The molecule has 2 aromatic rings. The lowest BCUT2D eigenvalue weighted by molar-refractivity contribution is 1.02. The van der Waals surface area contributed by atoms with Crippen LogP contribution in [0.25, 0.3) is 11.3 Å². The van der Waals surface area contributed by atoms with Crippen molar-refractivity contribution >= 4 is 5.95 Å². The topological polar surface area (TPSA) is 90.3 Å². The zero-order valence-electron chi connectivity index (χ0n) is 9.44. The number of hydrogen-bond donors (Lipinski definition) is 2. The van der Waals surface area contributed by atoms with Gasteiger partial charge in [0.2, 0.25) is 5.95 Å². The Bertz CT molecular complexity index is 539. The summed E-state index contributed by atoms with van der Waals surface area (Å²) in [5, 5.41) is 18.3. The Labute approximate surface area is 98.7 Å². The van der Waals surface area contributed by atoms with Gasteiger partial charge in [-0.15, -0.1) is 0 Å². The molecule has 0 atom stereocenters. The summed E-state index contributed by atoms with van der Waals surface area (Å²) < 4.78 is 0. The molecule has 2 rings (SSSR count). The van der Waals surface area contributed by atoms with Gasteiger partial charge >= 0.3 is 0 Å². The highest BCUT2D eigenvalue weighted by atomic mass is 15.1. The van der Waals surface area contributed by atoms with Crippen LogP contribution in [0, 0.1) is 18.3 Å². The number of nitrogens with one attached hydrogen (secondary N) is 2.